The van der Waals surface area contributed by atoms with Gasteiger partial charge in [0.05, 0.1) is 11.7 Å². The molecule has 1 heterocycles. The molecule has 2 aliphatic rings. The second-order valence-electron chi connectivity index (χ2n) is 7.15. The molecule has 26 heavy (non-hydrogen) atoms. The standard InChI is InChI=1S/C22H22N2OS/c1-14(2)25-20-10-9-16(11-17(20)12-23)22-24-13-21(26-22)19-8-4-6-15-5-3-7-18(15)19/h4,6,9-11,13-14,19H,3,5,7-8H2,1-2H3. The number of benzene rings is 1. The first-order chi connectivity index (χ1) is 12.7. The van der Waals surface area contributed by atoms with Crippen LogP contribution < -0.4 is 4.74 Å². The van der Waals surface area contributed by atoms with Gasteiger partial charge in [0.1, 0.15) is 16.8 Å². The van der Waals surface area contributed by atoms with Crippen molar-refractivity contribution < 1.29 is 4.74 Å². The summed E-state index contributed by atoms with van der Waals surface area (Å²) in [5.41, 5.74) is 4.70. The van der Waals surface area contributed by atoms with Gasteiger partial charge in [-0.15, -0.1) is 11.3 Å². The third kappa shape index (κ3) is 3.20. The highest BCUT2D eigenvalue weighted by atomic mass is 32.1. The first-order valence-electron chi connectivity index (χ1n) is 9.21. The van der Waals surface area contributed by atoms with E-state index in [1.165, 1.54) is 29.7 Å². The zero-order valence-electron chi connectivity index (χ0n) is 15.2. The van der Waals surface area contributed by atoms with E-state index in [0.717, 1.165) is 17.0 Å². The number of allylic oxidation sites excluding steroid dienone is 4. The molecule has 2 aliphatic carbocycles. The predicted molar refractivity (Wildman–Crippen MR) is 105 cm³/mol. The summed E-state index contributed by atoms with van der Waals surface area (Å²) in [5.74, 6) is 1.13. The Morgan fingerprint density at radius 1 is 1.31 bits per heavy atom. The maximum absolute atomic E-state index is 9.45. The fourth-order valence-electron chi connectivity index (χ4n) is 3.84. The van der Waals surface area contributed by atoms with Gasteiger partial charge in [0.25, 0.3) is 0 Å². The van der Waals surface area contributed by atoms with E-state index >= 15 is 0 Å². The van der Waals surface area contributed by atoms with Crippen LogP contribution in [0.1, 0.15) is 55.9 Å². The molecule has 1 aromatic carbocycles. The molecule has 0 amide bonds. The number of thiazole rings is 1. The normalized spacial score (nSPS) is 18.9. The molecule has 0 bridgehead atoms. The number of ether oxygens (including phenoxy) is 1. The van der Waals surface area contributed by atoms with Crippen molar-refractivity contribution in [2.75, 3.05) is 0 Å². The summed E-state index contributed by atoms with van der Waals surface area (Å²) in [5, 5.41) is 10.4. The summed E-state index contributed by atoms with van der Waals surface area (Å²) in [4.78, 5) is 6.00. The van der Waals surface area contributed by atoms with Gasteiger partial charge in [-0.3, -0.25) is 0 Å². The molecule has 4 heteroatoms. The lowest BCUT2D eigenvalue weighted by atomic mass is 9.87. The zero-order chi connectivity index (χ0) is 18.1. The Bertz CT molecular complexity index is 930. The van der Waals surface area contributed by atoms with Crippen molar-refractivity contribution in [2.24, 2.45) is 0 Å². The zero-order valence-corrected chi connectivity index (χ0v) is 16.0. The molecule has 0 saturated carbocycles. The Morgan fingerprint density at radius 3 is 3.00 bits per heavy atom. The summed E-state index contributed by atoms with van der Waals surface area (Å²) in [6.45, 7) is 3.93. The maximum atomic E-state index is 9.45. The Balaban J connectivity index is 1.63. The lowest BCUT2D eigenvalue weighted by molar-refractivity contribution is 0.242. The molecule has 1 aromatic heterocycles. The number of aromatic nitrogens is 1. The van der Waals surface area contributed by atoms with Crippen molar-refractivity contribution in [2.45, 2.75) is 51.6 Å². The SMILES string of the molecule is CC(C)Oc1ccc(-c2ncc(C3CC=CC4=C3CCC4)s2)cc1C#N. The van der Waals surface area contributed by atoms with Gasteiger partial charge < -0.3 is 4.74 Å². The average Bonchev–Trinajstić information content (AvgIpc) is 3.30. The van der Waals surface area contributed by atoms with Crippen molar-refractivity contribution in [3.63, 3.8) is 0 Å². The van der Waals surface area contributed by atoms with Crippen LogP contribution in [0, 0.1) is 11.3 Å². The summed E-state index contributed by atoms with van der Waals surface area (Å²) < 4.78 is 5.72. The van der Waals surface area contributed by atoms with Gasteiger partial charge in [-0.1, -0.05) is 17.7 Å². The molecule has 132 valence electrons. The number of nitriles is 1. The summed E-state index contributed by atoms with van der Waals surface area (Å²) >= 11 is 1.75. The minimum absolute atomic E-state index is 0.0488. The molecule has 2 aromatic rings. The van der Waals surface area contributed by atoms with E-state index in [1.54, 1.807) is 16.9 Å². The molecule has 1 unspecified atom stereocenters. The van der Waals surface area contributed by atoms with Crippen LogP contribution in [0.25, 0.3) is 10.6 Å². The number of hydrogen-bond acceptors (Lipinski definition) is 4. The highest BCUT2D eigenvalue weighted by Crippen LogP contribution is 2.45. The number of rotatable bonds is 4. The van der Waals surface area contributed by atoms with Crippen molar-refractivity contribution >= 4 is 11.3 Å². The molecule has 3 nitrogen and oxygen atoms in total. The summed E-state index contributed by atoms with van der Waals surface area (Å²) in [6.07, 6.45) is 11.5. The van der Waals surface area contributed by atoms with Crippen molar-refractivity contribution in [1.82, 2.24) is 4.98 Å². The van der Waals surface area contributed by atoms with E-state index in [9.17, 15) is 5.26 Å². The monoisotopic (exact) mass is 362 g/mol. The van der Waals surface area contributed by atoms with E-state index in [4.69, 9.17) is 4.74 Å². The molecule has 1 atom stereocenters. The molecule has 0 N–H and O–H groups in total. The van der Waals surface area contributed by atoms with Crippen molar-refractivity contribution in [1.29, 1.82) is 5.26 Å². The van der Waals surface area contributed by atoms with E-state index in [0.29, 0.717) is 17.2 Å². The second kappa shape index (κ2) is 7.09. The highest BCUT2D eigenvalue weighted by Gasteiger charge is 2.26. The molecular weight excluding hydrogens is 340 g/mol. The molecule has 0 fully saturated rings. The summed E-state index contributed by atoms with van der Waals surface area (Å²) in [7, 11) is 0. The van der Waals surface area contributed by atoms with Crippen molar-refractivity contribution in [3.8, 4) is 22.4 Å². The van der Waals surface area contributed by atoms with Crippen LogP contribution in [-0.2, 0) is 0 Å². The van der Waals surface area contributed by atoms with Crippen LogP contribution in [0.4, 0.5) is 0 Å². The second-order valence-corrected chi connectivity index (χ2v) is 8.21. The Morgan fingerprint density at radius 2 is 2.19 bits per heavy atom. The molecule has 0 spiro atoms. The summed E-state index contributed by atoms with van der Waals surface area (Å²) in [6, 6.07) is 8.02. The van der Waals surface area contributed by atoms with E-state index in [-0.39, 0.29) is 6.10 Å². The molecule has 0 radical (unpaired) electrons. The van der Waals surface area contributed by atoms with Crippen LogP contribution >= 0.6 is 11.3 Å². The van der Waals surface area contributed by atoms with Crippen LogP contribution in [0.5, 0.6) is 5.75 Å². The van der Waals surface area contributed by atoms with E-state index < -0.39 is 0 Å². The van der Waals surface area contributed by atoms with Gasteiger partial charge in [-0.2, -0.15) is 5.26 Å². The molecular formula is C22H22N2OS. The number of nitrogens with zero attached hydrogens (tertiary/aromatic N) is 2. The van der Waals surface area contributed by atoms with Gasteiger partial charge in [0.2, 0.25) is 0 Å². The fraction of sp³-hybridized carbons (Fsp3) is 0.364. The lowest BCUT2D eigenvalue weighted by Gasteiger charge is -2.19. The molecule has 0 aliphatic heterocycles. The third-order valence-electron chi connectivity index (χ3n) is 4.99. The first-order valence-corrected chi connectivity index (χ1v) is 10.0. The Labute approximate surface area is 158 Å². The predicted octanol–water partition coefficient (Wildman–Crippen LogP) is 5.99. The van der Waals surface area contributed by atoms with Crippen LogP contribution in [-0.4, -0.2) is 11.1 Å². The molecule has 4 rings (SSSR count). The largest absolute Gasteiger partial charge is 0.490 e. The average molecular weight is 362 g/mol. The Kier molecular flexibility index (Phi) is 4.65. The van der Waals surface area contributed by atoms with Gasteiger partial charge >= 0.3 is 0 Å². The topological polar surface area (TPSA) is 45.9 Å². The Hall–Kier alpha value is -2.38. The minimum Gasteiger partial charge on any atom is -0.490 e. The quantitative estimate of drug-likeness (QED) is 0.671. The van der Waals surface area contributed by atoms with Crippen molar-refractivity contribution in [3.05, 3.63) is 58.1 Å². The van der Waals surface area contributed by atoms with Crippen LogP contribution in [0.2, 0.25) is 0 Å². The van der Waals surface area contributed by atoms with Crippen LogP contribution in [0.15, 0.2) is 47.7 Å². The van der Waals surface area contributed by atoms with E-state index in [2.05, 4.69) is 23.2 Å². The minimum atomic E-state index is 0.0488. The molecule has 0 saturated heterocycles. The van der Waals surface area contributed by atoms with Gasteiger partial charge in [0, 0.05) is 22.6 Å². The van der Waals surface area contributed by atoms with Gasteiger partial charge in [-0.05, 0) is 63.3 Å². The number of hydrogen-bond donors (Lipinski definition) is 0. The fourth-order valence-corrected chi connectivity index (χ4v) is 4.90. The smallest absolute Gasteiger partial charge is 0.137 e. The highest BCUT2D eigenvalue weighted by molar-refractivity contribution is 7.15. The van der Waals surface area contributed by atoms with E-state index in [1.807, 2.05) is 38.2 Å². The van der Waals surface area contributed by atoms with Gasteiger partial charge in [0.15, 0.2) is 0 Å². The van der Waals surface area contributed by atoms with Gasteiger partial charge in [-0.25, -0.2) is 4.98 Å². The maximum Gasteiger partial charge on any atom is 0.137 e. The lowest BCUT2D eigenvalue weighted by Crippen LogP contribution is -2.06. The third-order valence-corrected chi connectivity index (χ3v) is 6.15. The first kappa shape index (κ1) is 17.1. The van der Waals surface area contributed by atoms with Crippen LogP contribution in [0.3, 0.4) is 0 Å².